The number of fused-ring (bicyclic) bond motifs is 7. The molecule has 0 aliphatic carbocycles. The highest BCUT2D eigenvalue weighted by Crippen LogP contribution is 2.48. The summed E-state index contributed by atoms with van der Waals surface area (Å²) in [7, 11) is 0. The molecule has 0 fully saturated rings. The molecule has 0 saturated carbocycles. The average molecular weight is 871 g/mol. The minimum atomic E-state index is 1.08. The maximum Gasteiger partial charge on any atom is 0.0547 e. The first-order valence-electron chi connectivity index (χ1n) is 22.9. The van der Waals surface area contributed by atoms with E-state index in [-0.39, 0.29) is 0 Å². The highest BCUT2D eigenvalue weighted by atomic mass is 32.1. The molecule has 11 aromatic carbocycles. The summed E-state index contributed by atoms with van der Waals surface area (Å²) in [5.41, 5.74) is 16.3. The van der Waals surface area contributed by atoms with Crippen molar-refractivity contribution in [3.63, 3.8) is 0 Å². The third kappa shape index (κ3) is 6.55. The number of hydrogen-bond donors (Lipinski definition) is 0. The van der Waals surface area contributed by atoms with E-state index in [4.69, 9.17) is 0 Å². The topological polar surface area (TPSA) is 8.17 Å². The van der Waals surface area contributed by atoms with E-state index >= 15 is 0 Å². The third-order valence-corrected chi connectivity index (χ3v) is 14.5. The van der Waals surface area contributed by atoms with Gasteiger partial charge in [-0.2, -0.15) is 0 Å². The standard InChI is InChI=1S/C64H42N2S/c1-3-19-43(20-4-1)50-32-15-21-44-22-16-35-54(62(44)50)53-29-7-10-36-57(53)65(49-28-14-24-46(42-49)52-34-18-40-61-64(52)56-31-9-12-39-60(56)67-61)48-27-13-23-45(41-48)51-33-17-38-59-63(51)55-30-8-11-37-58(55)66(59)47-25-5-2-6-26-47/h1-42H. The fourth-order valence-electron chi connectivity index (χ4n) is 10.5. The molecular weight excluding hydrogens is 829 g/mol. The number of thiophene rings is 1. The number of hydrogen-bond acceptors (Lipinski definition) is 2. The molecule has 0 bridgehead atoms. The van der Waals surface area contributed by atoms with E-state index < -0.39 is 0 Å². The molecule has 314 valence electrons. The zero-order chi connectivity index (χ0) is 44.3. The van der Waals surface area contributed by atoms with Crippen LogP contribution < -0.4 is 4.90 Å². The van der Waals surface area contributed by atoms with Crippen LogP contribution in [0.15, 0.2) is 255 Å². The van der Waals surface area contributed by atoms with Crippen LogP contribution >= 0.6 is 11.3 Å². The normalized spacial score (nSPS) is 11.6. The van der Waals surface area contributed by atoms with Gasteiger partial charge < -0.3 is 9.47 Å². The minimum Gasteiger partial charge on any atom is -0.310 e. The van der Waals surface area contributed by atoms with Gasteiger partial charge in [-0.1, -0.05) is 188 Å². The van der Waals surface area contributed by atoms with Gasteiger partial charge in [-0.15, -0.1) is 11.3 Å². The summed E-state index contributed by atoms with van der Waals surface area (Å²) in [5, 5.41) is 7.53. The van der Waals surface area contributed by atoms with E-state index in [0.29, 0.717) is 0 Å². The maximum atomic E-state index is 2.48. The Morgan fingerprint density at radius 3 is 1.58 bits per heavy atom. The molecule has 67 heavy (non-hydrogen) atoms. The molecule has 0 atom stereocenters. The summed E-state index contributed by atoms with van der Waals surface area (Å²) in [6, 6.07) is 93.3. The summed E-state index contributed by atoms with van der Waals surface area (Å²) >= 11 is 1.86. The minimum absolute atomic E-state index is 1.08. The molecule has 0 saturated heterocycles. The summed E-state index contributed by atoms with van der Waals surface area (Å²) < 4.78 is 5.00. The van der Waals surface area contributed by atoms with Crippen molar-refractivity contribution in [2.24, 2.45) is 0 Å². The Kier molecular flexibility index (Phi) is 9.40. The summed E-state index contributed by atoms with van der Waals surface area (Å²) in [6.45, 7) is 0. The van der Waals surface area contributed by atoms with Gasteiger partial charge in [0.25, 0.3) is 0 Å². The number of aromatic nitrogens is 1. The van der Waals surface area contributed by atoms with Crippen LogP contribution in [0.3, 0.4) is 0 Å². The van der Waals surface area contributed by atoms with Crippen LogP contribution in [0.25, 0.3) is 103 Å². The van der Waals surface area contributed by atoms with Gasteiger partial charge in [0, 0.05) is 53.6 Å². The Hall–Kier alpha value is -8.50. The number of anilines is 3. The number of para-hydroxylation sites is 3. The van der Waals surface area contributed by atoms with Crippen molar-refractivity contribution in [2.75, 3.05) is 4.90 Å². The fourth-order valence-corrected chi connectivity index (χ4v) is 11.6. The second kappa shape index (κ2) is 16.2. The first-order chi connectivity index (χ1) is 33.3. The molecule has 0 N–H and O–H groups in total. The van der Waals surface area contributed by atoms with Crippen molar-refractivity contribution < 1.29 is 0 Å². The molecule has 2 heterocycles. The molecule has 0 amide bonds. The lowest BCUT2D eigenvalue weighted by Gasteiger charge is -2.29. The summed E-state index contributed by atoms with van der Waals surface area (Å²) in [5.74, 6) is 0. The lowest BCUT2D eigenvalue weighted by Crippen LogP contribution is -2.11. The Labute approximate surface area is 393 Å². The second-order valence-corrected chi connectivity index (χ2v) is 18.3. The van der Waals surface area contributed by atoms with Gasteiger partial charge in [0.15, 0.2) is 0 Å². The van der Waals surface area contributed by atoms with Gasteiger partial charge in [-0.05, 0) is 116 Å². The van der Waals surface area contributed by atoms with Crippen LogP contribution in [0, 0.1) is 0 Å². The molecule has 2 aromatic heterocycles. The van der Waals surface area contributed by atoms with E-state index in [1.165, 1.54) is 86.1 Å². The fraction of sp³-hybridized carbons (Fsp3) is 0. The molecular formula is C64H42N2S. The number of nitrogens with zero attached hydrogens (tertiary/aromatic N) is 2. The molecule has 0 spiro atoms. The Bertz CT molecular complexity index is 3990. The van der Waals surface area contributed by atoms with E-state index in [2.05, 4.69) is 264 Å². The van der Waals surface area contributed by atoms with E-state index in [0.717, 1.165) is 33.9 Å². The number of rotatable bonds is 8. The van der Waals surface area contributed by atoms with Gasteiger partial charge >= 0.3 is 0 Å². The predicted octanol–water partition coefficient (Wildman–Crippen LogP) is 18.4. The lowest BCUT2D eigenvalue weighted by molar-refractivity contribution is 1.18. The molecule has 0 aliphatic heterocycles. The predicted molar refractivity (Wildman–Crippen MR) is 288 cm³/mol. The zero-order valence-electron chi connectivity index (χ0n) is 36.6. The van der Waals surface area contributed by atoms with Crippen molar-refractivity contribution in [1.82, 2.24) is 4.57 Å². The van der Waals surface area contributed by atoms with E-state index in [1.807, 2.05) is 11.3 Å². The third-order valence-electron chi connectivity index (χ3n) is 13.4. The van der Waals surface area contributed by atoms with Gasteiger partial charge in [0.1, 0.15) is 0 Å². The Balaban J connectivity index is 1.05. The quantitative estimate of drug-likeness (QED) is 0.148. The van der Waals surface area contributed by atoms with Crippen molar-refractivity contribution in [3.05, 3.63) is 255 Å². The summed E-state index contributed by atoms with van der Waals surface area (Å²) in [4.78, 5) is 2.48. The van der Waals surface area contributed by atoms with Crippen LogP contribution in [0.1, 0.15) is 0 Å². The smallest absolute Gasteiger partial charge is 0.0547 e. The van der Waals surface area contributed by atoms with Crippen LogP contribution in [-0.4, -0.2) is 4.57 Å². The summed E-state index contributed by atoms with van der Waals surface area (Å²) in [6.07, 6.45) is 0. The van der Waals surface area contributed by atoms with Crippen molar-refractivity contribution >= 4 is 81.1 Å². The number of benzene rings is 11. The highest BCUT2D eigenvalue weighted by molar-refractivity contribution is 7.25. The van der Waals surface area contributed by atoms with Crippen LogP contribution in [0.4, 0.5) is 17.1 Å². The van der Waals surface area contributed by atoms with Crippen LogP contribution in [0.2, 0.25) is 0 Å². The van der Waals surface area contributed by atoms with Gasteiger partial charge in [0.2, 0.25) is 0 Å². The Morgan fingerprint density at radius 1 is 0.313 bits per heavy atom. The zero-order valence-corrected chi connectivity index (χ0v) is 37.4. The Morgan fingerprint density at radius 2 is 0.821 bits per heavy atom. The molecule has 0 radical (unpaired) electrons. The lowest BCUT2D eigenvalue weighted by atomic mass is 9.90. The SMILES string of the molecule is c1ccc(-c2cccc3cccc(-c4ccccc4N(c4cccc(-c5cccc6sc7ccccc7c56)c4)c4cccc(-c5cccc6c5c5ccccc5n6-c5ccccc5)c4)c23)cc1. The van der Waals surface area contributed by atoms with E-state index in [9.17, 15) is 0 Å². The second-order valence-electron chi connectivity index (χ2n) is 17.2. The van der Waals surface area contributed by atoms with E-state index in [1.54, 1.807) is 0 Å². The van der Waals surface area contributed by atoms with Crippen molar-refractivity contribution in [3.8, 4) is 50.2 Å². The van der Waals surface area contributed by atoms with Crippen LogP contribution in [0.5, 0.6) is 0 Å². The van der Waals surface area contributed by atoms with Gasteiger partial charge in [-0.3, -0.25) is 0 Å². The molecule has 13 aromatic rings. The first-order valence-corrected chi connectivity index (χ1v) is 23.7. The molecule has 0 unspecified atom stereocenters. The average Bonchev–Trinajstić information content (AvgIpc) is 3.96. The van der Waals surface area contributed by atoms with Crippen LogP contribution in [-0.2, 0) is 0 Å². The molecule has 3 heteroatoms. The van der Waals surface area contributed by atoms with Gasteiger partial charge in [0.05, 0.1) is 16.7 Å². The molecule has 0 aliphatic rings. The van der Waals surface area contributed by atoms with Crippen molar-refractivity contribution in [2.45, 2.75) is 0 Å². The monoisotopic (exact) mass is 870 g/mol. The van der Waals surface area contributed by atoms with Gasteiger partial charge in [-0.25, -0.2) is 0 Å². The molecule has 2 nitrogen and oxygen atoms in total. The van der Waals surface area contributed by atoms with Crippen molar-refractivity contribution in [1.29, 1.82) is 0 Å². The first kappa shape index (κ1) is 38.9. The highest BCUT2D eigenvalue weighted by Gasteiger charge is 2.22. The largest absolute Gasteiger partial charge is 0.310 e. The molecule has 13 rings (SSSR count). The maximum absolute atomic E-state index is 2.48.